The molecule has 0 saturated heterocycles. The number of hydrogen-bond donors (Lipinski definition) is 2. The van der Waals surface area contributed by atoms with Gasteiger partial charge in [-0.2, -0.15) is 0 Å². The summed E-state index contributed by atoms with van der Waals surface area (Å²) in [5.41, 5.74) is 9.78. The first-order valence-electron chi connectivity index (χ1n) is 15.1. The Morgan fingerprint density at radius 3 is 2.60 bits per heavy atom. The average Bonchev–Trinajstić information content (AvgIpc) is 3.51. The first-order valence-corrected chi connectivity index (χ1v) is 15.1. The number of phenolic OH excluding ortho intramolecular Hbond substituents is 1. The first kappa shape index (κ1) is 26.7. The average molecular weight is 538 g/mol. The minimum Gasteiger partial charge on any atom is -0.508 e. The molecule has 3 aromatic carbocycles. The van der Waals surface area contributed by atoms with Gasteiger partial charge in [0.15, 0.2) is 0 Å². The van der Waals surface area contributed by atoms with Crippen LogP contribution in [-0.4, -0.2) is 22.9 Å². The summed E-state index contributed by atoms with van der Waals surface area (Å²) in [4.78, 5) is 3.45. The van der Waals surface area contributed by atoms with Gasteiger partial charge in [-0.25, -0.2) is 0 Å². The van der Waals surface area contributed by atoms with Gasteiger partial charge < -0.3 is 14.8 Å². The van der Waals surface area contributed by atoms with Crippen molar-refractivity contribution in [2.45, 2.75) is 77.2 Å². The van der Waals surface area contributed by atoms with Crippen molar-refractivity contribution >= 4 is 22.0 Å². The Morgan fingerprint density at radius 2 is 1.75 bits per heavy atom. The lowest BCUT2D eigenvalue weighted by atomic mass is 9.87. The number of rotatable bonds is 9. The van der Waals surface area contributed by atoms with Crippen LogP contribution in [0.2, 0.25) is 0 Å². The molecule has 2 aliphatic rings. The number of alkyl halides is 1. The van der Waals surface area contributed by atoms with Crippen LogP contribution in [0.3, 0.4) is 0 Å². The number of benzene rings is 3. The van der Waals surface area contributed by atoms with Crippen molar-refractivity contribution in [2.24, 2.45) is 5.92 Å². The van der Waals surface area contributed by atoms with E-state index in [1.807, 2.05) is 12.1 Å². The normalized spacial score (nSPS) is 19.1. The number of aromatic hydroxyl groups is 1. The maximum atomic E-state index is 12.4. The summed E-state index contributed by atoms with van der Waals surface area (Å²) in [6.07, 6.45) is 10.7. The van der Waals surface area contributed by atoms with Gasteiger partial charge in [-0.15, -0.1) is 0 Å². The van der Waals surface area contributed by atoms with Crippen molar-refractivity contribution in [3.63, 3.8) is 0 Å². The molecule has 4 heteroatoms. The van der Waals surface area contributed by atoms with Crippen molar-refractivity contribution in [3.05, 3.63) is 94.7 Å². The molecular formula is C36H40FNO2. The number of unbranched alkanes of at least 4 members (excludes halogenated alkanes) is 2. The summed E-state index contributed by atoms with van der Waals surface area (Å²) in [7, 11) is 0. The third-order valence-electron chi connectivity index (χ3n) is 8.82. The molecule has 40 heavy (non-hydrogen) atoms. The van der Waals surface area contributed by atoms with Crippen molar-refractivity contribution in [2.75, 3.05) is 6.67 Å². The van der Waals surface area contributed by atoms with Gasteiger partial charge in [0, 0.05) is 16.6 Å². The molecule has 6 rings (SSSR count). The van der Waals surface area contributed by atoms with E-state index in [2.05, 4.69) is 66.5 Å². The fourth-order valence-electron chi connectivity index (χ4n) is 6.85. The van der Waals surface area contributed by atoms with Crippen LogP contribution in [0.1, 0.15) is 85.7 Å². The number of aryl methyl sites for hydroxylation is 2. The summed E-state index contributed by atoms with van der Waals surface area (Å²) in [6.45, 7) is 1.91. The highest BCUT2D eigenvalue weighted by molar-refractivity contribution is 6.01. The molecule has 0 aliphatic heterocycles. The summed E-state index contributed by atoms with van der Waals surface area (Å²) < 4.78 is 18.8. The minimum absolute atomic E-state index is 0.194. The molecule has 1 aromatic heterocycles. The molecule has 0 radical (unpaired) electrons. The number of allylic oxidation sites excluding steroid dienone is 1. The van der Waals surface area contributed by atoms with Crippen LogP contribution in [0.15, 0.2) is 66.7 Å². The number of hydrogen-bond acceptors (Lipinski definition) is 2. The number of nitrogens with one attached hydrogen (secondary N) is 1. The van der Waals surface area contributed by atoms with Crippen LogP contribution in [0, 0.1) is 12.8 Å². The number of fused-ring (bicyclic) bond motifs is 2. The van der Waals surface area contributed by atoms with Crippen LogP contribution in [-0.2, 0) is 6.42 Å². The van der Waals surface area contributed by atoms with Gasteiger partial charge in [-0.1, -0.05) is 43.5 Å². The standard InChI is InChI=1S/C36H40FNO2/c1-24-20-29-22-28(12-18-35(29)38-24)33-8-5-7-27-23-30(39)13-17-34(27)36(33)26-10-15-31(16-11-26)40-32-14-9-25(21-32)6-3-2-4-19-37/h10-13,15-18,20,22-23,25,32,38-39H,2-9,14,19,21H2,1H3. The van der Waals surface area contributed by atoms with Crippen LogP contribution >= 0.6 is 0 Å². The Hall–Kier alpha value is -3.53. The molecule has 0 bridgehead atoms. The minimum atomic E-state index is -0.194. The molecule has 2 unspecified atom stereocenters. The molecule has 0 spiro atoms. The lowest BCUT2D eigenvalue weighted by molar-refractivity contribution is 0.203. The topological polar surface area (TPSA) is 45.2 Å². The number of aromatic amines is 1. The largest absolute Gasteiger partial charge is 0.508 e. The molecule has 2 atom stereocenters. The highest BCUT2D eigenvalue weighted by Gasteiger charge is 2.26. The van der Waals surface area contributed by atoms with E-state index in [0.717, 1.165) is 56.2 Å². The SMILES string of the molecule is Cc1cc2cc(C3=C(c4ccc(OC5CCC(CCCCCF)C5)cc4)c4ccc(O)cc4CCC3)ccc2[nH]1. The predicted molar refractivity (Wildman–Crippen MR) is 163 cm³/mol. The Labute approximate surface area is 237 Å². The van der Waals surface area contributed by atoms with E-state index < -0.39 is 0 Å². The maximum Gasteiger partial charge on any atom is 0.119 e. The fraction of sp³-hybridized carbons (Fsp3) is 0.389. The van der Waals surface area contributed by atoms with Crippen LogP contribution in [0.25, 0.3) is 22.0 Å². The molecule has 1 saturated carbocycles. The predicted octanol–water partition coefficient (Wildman–Crippen LogP) is 9.55. The summed E-state index contributed by atoms with van der Waals surface area (Å²) in [5.74, 6) is 1.96. The van der Waals surface area contributed by atoms with Gasteiger partial charge in [-0.05, 0) is 134 Å². The highest BCUT2D eigenvalue weighted by Crippen LogP contribution is 2.42. The van der Waals surface area contributed by atoms with Crippen molar-refractivity contribution < 1.29 is 14.2 Å². The second kappa shape index (κ2) is 11.9. The molecule has 1 fully saturated rings. The monoisotopic (exact) mass is 537 g/mol. The lowest BCUT2D eigenvalue weighted by Crippen LogP contribution is -2.12. The summed E-state index contributed by atoms with van der Waals surface area (Å²) in [5, 5.41) is 11.5. The zero-order valence-corrected chi connectivity index (χ0v) is 23.5. The second-order valence-corrected chi connectivity index (χ2v) is 11.8. The zero-order chi connectivity index (χ0) is 27.5. The van der Waals surface area contributed by atoms with Gasteiger partial charge in [0.25, 0.3) is 0 Å². The van der Waals surface area contributed by atoms with E-state index >= 15 is 0 Å². The van der Waals surface area contributed by atoms with E-state index in [1.54, 1.807) is 0 Å². The Morgan fingerprint density at radius 1 is 0.900 bits per heavy atom. The Kier molecular flexibility index (Phi) is 7.95. The van der Waals surface area contributed by atoms with Crippen molar-refractivity contribution in [1.82, 2.24) is 4.98 Å². The molecule has 2 N–H and O–H groups in total. The molecule has 3 nitrogen and oxygen atoms in total. The van der Waals surface area contributed by atoms with Gasteiger partial charge in [0.05, 0.1) is 12.8 Å². The van der Waals surface area contributed by atoms with Gasteiger partial charge in [-0.3, -0.25) is 4.39 Å². The zero-order valence-electron chi connectivity index (χ0n) is 23.5. The van der Waals surface area contributed by atoms with E-state index in [4.69, 9.17) is 4.74 Å². The maximum absolute atomic E-state index is 12.4. The van der Waals surface area contributed by atoms with Crippen LogP contribution in [0.5, 0.6) is 11.5 Å². The quantitative estimate of drug-likeness (QED) is 0.209. The van der Waals surface area contributed by atoms with Crippen LogP contribution in [0.4, 0.5) is 4.39 Å². The van der Waals surface area contributed by atoms with E-state index in [-0.39, 0.29) is 12.8 Å². The molecule has 208 valence electrons. The number of H-pyrrole nitrogens is 1. The molecular weight excluding hydrogens is 497 g/mol. The molecule has 1 heterocycles. The molecule has 0 amide bonds. The van der Waals surface area contributed by atoms with Crippen LogP contribution < -0.4 is 4.74 Å². The molecule has 4 aromatic rings. The number of aromatic nitrogens is 1. The van der Waals surface area contributed by atoms with Gasteiger partial charge in [0.2, 0.25) is 0 Å². The van der Waals surface area contributed by atoms with E-state index in [1.165, 1.54) is 57.3 Å². The smallest absolute Gasteiger partial charge is 0.119 e. The summed E-state index contributed by atoms with van der Waals surface area (Å²) >= 11 is 0. The molecule has 2 aliphatic carbocycles. The number of phenols is 1. The Bertz CT molecular complexity index is 1500. The van der Waals surface area contributed by atoms with E-state index in [9.17, 15) is 9.50 Å². The lowest BCUT2D eigenvalue weighted by Gasteiger charge is -2.18. The number of halogens is 1. The summed E-state index contributed by atoms with van der Waals surface area (Å²) in [6, 6.07) is 23.4. The second-order valence-electron chi connectivity index (χ2n) is 11.8. The first-order chi connectivity index (χ1) is 19.6. The number of ether oxygens (including phenoxy) is 1. The third-order valence-corrected chi connectivity index (χ3v) is 8.82. The van der Waals surface area contributed by atoms with Gasteiger partial charge >= 0.3 is 0 Å². The van der Waals surface area contributed by atoms with Gasteiger partial charge in [0.1, 0.15) is 11.5 Å². The van der Waals surface area contributed by atoms with Crippen molar-refractivity contribution in [1.29, 1.82) is 0 Å². The fourth-order valence-corrected chi connectivity index (χ4v) is 6.85. The third kappa shape index (κ3) is 5.82. The highest BCUT2D eigenvalue weighted by atomic mass is 19.1. The van der Waals surface area contributed by atoms with E-state index in [0.29, 0.717) is 18.1 Å². The van der Waals surface area contributed by atoms with Crippen molar-refractivity contribution in [3.8, 4) is 11.5 Å². The Balaban J connectivity index is 1.28.